The van der Waals surface area contributed by atoms with Crippen LogP contribution in [-0.2, 0) is 30.9 Å². The van der Waals surface area contributed by atoms with E-state index in [1.807, 2.05) is 0 Å². The number of methoxy groups -OCH3 is 1. The molecule has 0 saturated carbocycles. The second-order valence-electron chi connectivity index (χ2n) is 5.65. The van der Waals surface area contributed by atoms with Gasteiger partial charge in [-0.15, -0.1) is 0 Å². The van der Waals surface area contributed by atoms with Crippen molar-refractivity contribution in [2.75, 3.05) is 14.2 Å². The first-order valence-corrected chi connectivity index (χ1v) is 8.34. The smallest absolute Gasteiger partial charge is 0.191 e. The Balaban J connectivity index is 1.90. The predicted octanol–water partition coefficient (Wildman–Crippen LogP) is 3.26. The molecule has 24 heavy (non-hydrogen) atoms. The van der Waals surface area contributed by atoms with Gasteiger partial charge in [0.15, 0.2) is 5.96 Å². The van der Waals surface area contributed by atoms with E-state index in [1.54, 1.807) is 14.2 Å². The van der Waals surface area contributed by atoms with Gasteiger partial charge in [0.05, 0.1) is 6.61 Å². The van der Waals surface area contributed by atoms with Crippen LogP contribution in [0.2, 0.25) is 0 Å². The lowest BCUT2D eigenvalue weighted by Gasteiger charge is -2.14. The van der Waals surface area contributed by atoms with E-state index < -0.39 is 0 Å². The molecule has 0 aromatic heterocycles. The highest BCUT2D eigenvalue weighted by atomic mass is 16.5. The number of hydrogen-bond acceptors (Lipinski definition) is 2. The maximum absolute atomic E-state index is 5.18. The van der Waals surface area contributed by atoms with E-state index in [9.17, 15) is 0 Å². The number of ether oxygens (including phenoxy) is 1. The van der Waals surface area contributed by atoms with Crippen molar-refractivity contribution >= 4 is 5.96 Å². The van der Waals surface area contributed by atoms with Gasteiger partial charge >= 0.3 is 0 Å². The predicted molar refractivity (Wildman–Crippen MR) is 100 cm³/mol. The summed E-state index contributed by atoms with van der Waals surface area (Å²) in [6.45, 7) is 4.31. The van der Waals surface area contributed by atoms with Crippen LogP contribution >= 0.6 is 0 Å². The third-order valence-corrected chi connectivity index (χ3v) is 3.93. The van der Waals surface area contributed by atoms with Gasteiger partial charge in [-0.25, -0.2) is 0 Å². The van der Waals surface area contributed by atoms with Crippen molar-refractivity contribution in [1.29, 1.82) is 0 Å². The van der Waals surface area contributed by atoms with Gasteiger partial charge in [0.1, 0.15) is 0 Å². The largest absolute Gasteiger partial charge is 0.380 e. The maximum atomic E-state index is 5.18. The summed E-state index contributed by atoms with van der Waals surface area (Å²) in [4.78, 5) is 4.30. The molecular formula is C20H27N3O. The van der Waals surface area contributed by atoms with E-state index >= 15 is 0 Å². The number of rotatable bonds is 7. The van der Waals surface area contributed by atoms with Gasteiger partial charge in [-0.2, -0.15) is 0 Å². The minimum atomic E-state index is 0.634. The average molecular weight is 325 g/mol. The zero-order valence-corrected chi connectivity index (χ0v) is 14.8. The molecular weight excluding hydrogens is 298 g/mol. The first-order valence-electron chi connectivity index (χ1n) is 8.34. The molecule has 4 nitrogen and oxygen atoms in total. The number of hydrogen-bond donors (Lipinski definition) is 2. The lowest BCUT2D eigenvalue weighted by molar-refractivity contribution is 0.185. The Bertz CT molecular complexity index is 667. The molecule has 0 radical (unpaired) electrons. The molecule has 4 heteroatoms. The van der Waals surface area contributed by atoms with Gasteiger partial charge in [-0.05, 0) is 28.7 Å². The molecule has 0 aliphatic heterocycles. The normalized spacial score (nSPS) is 11.4. The summed E-state index contributed by atoms with van der Waals surface area (Å²) in [6, 6.07) is 16.9. The van der Waals surface area contributed by atoms with Crippen molar-refractivity contribution in [1.82, 2.24) is 10.6 Å². The Morgan fingerprint density at radius 1 is 0.958 bits per heavy atom. The van der Waals surface area contributed by atoms with E-state index in [0.717, 1.165) is 25.5 Å². The van der Waals surface area contributed by atoms with Crippen molar-refractivity contribution < 1.29 is 4.74 Å². The molecule has 0 spiro atoms. The third-order valence-electron chi connectivity index (χ3n) is 3.93. The Kier molecular flexibility index (Phi) is 7.30. The van der Waals surface area contributed by atoms with E-state index in [4.69, 9.17) is 4.74 Å². The summed E-state index contributed by atoms with van der Waals surface area (Å²) < 4.78 is 5.18. The van der Waals surface area contributed by atoms with Crippen LogP contribution in [0.4, 0.5) is 0 Å². The van der Waals surface area contributed by atoms with E-state index in [1.165, 1.54) is 22.3 Å². The Morgan fingerprint density at radius 2 is 1.67 bits per heavy atom. The van der Waals surface area contributed by atoms with E-state index in [0.29, 0.717) is 6.61 Å². The number of aryl methyl sites for hydroxylation is 1. The molecule has 0 atom stereocenters. The van der Waals surface area contributed by atoms with Crippen LogP contribution in [0, 0.1) is 0 Å². The number of benzene rings is 2. The van der Waals surface area contributed by atoms with Gasteiger partial charge in [0.2, 0.25) is 0 Å². The Labute approximate surface area is 145 Å². The fourth-order valence-electron chi connectivity index (χ4n) is 2.66. The molecule has 128 valence electrons. The quantitative estimate of drug-likeness (QED) is 0.607. The lowest BCUT2D eigenvalue weighted by atomic mass is 10.1. The van der Waals surface area contributed by atoms with E-state index in [2.05, 4.69) is 71.1 Å². The minimum Gasteiger partial charge on any atom is -0.380 e. The second-order valence-corrected chi connectivity index (χ2v) is 5.65. The zero-order chi connectivity index (χ0) is 17.2. The molecule has 0 amide bonds. The highest BCUT2D eigenvalue weighted by Gasteiger charge is 2.03. The topological polar surface area (TPSA) is 45.7 Å². The zero-order valence-electron chi connectivity index (χ0n) is 14.8. The molecule has 0 saturated heterocycles. The molecule has 0 aliphatic rings. The van der Waals surface area contributed by atoms with Crippen LogP contribution < -0.4 is 10.6 Å². The first kappa shape index (κ1) is 18.0. The number of guanidine groups is 1. The van der Waals surface area contributed by atoms with Crippen molar-refractivity contribution in [3.05, 3.63) is 70.8 Å². The molecule has 0 aliphatic carbocycles. The van der Waals surface area contributed by atoms with Crippen molar-refractivity contribution in [2.45, 2.75) is 33.0 Å². The SMILES string of the molecule is CCc1ccccc1CNC(=NC)NCc1cccc(COC)c1. The molecule has 0 heterocycles. The number of aliphatic imine (C=N–C) groups is 1. The van der Waals surface area contributed by atoms with Gasteiger partial charge in [-0.1, -0.05) is 55.5 Å². The van der Waals surface area contributed by atoms with E-state index in [-0.39, 0.29) is 0 Å². The molecule has 0 unspecified atom stereocenters. The van der Waals surface area contributed by atoms with Gasteiger partial charge < -0.3 is 15.4 Å². The number of nitrogens with one attached hydrogen (secondary N) is 2. The van der Waals surface area contributed by atoms with Crippen molar-refractivity contribution in [3.63, 3.8) is 0 Å². The highest BCUT2D eigenvalue weighted by Crippen LogP contribution is 2.09. The highest BCUT2D eigenvalue weighted by molar-refractivity contribution is 5.79. The van der Waals surface area contributed by atoms with Crippen LogP contribution in [-0.4, -0.2) is 20.1 Å². The van der Waals surface area contributed by atoms with Crippen LogP contribution in [0.1, 0.15) is 29.2 Å². The molecule has 2 rings (SSSR count). The van der Waals surface area contributed by atoms with Crippen LogP contribution in [0.3, 0.4) is 0 Å². The van der Waals surface area contributed by atoms with Crippen LogP contribution in [0.15, 0.2) is 53.5 Å². The second kappa shape index (κ2) is 9.73. The summed E-state index contributed by atoms with van der Waals surface area (Å²) in [5.41, 5.74) is 5.07. The van der Waals surface area contributed by atoms with Crippen LogP contribution in [0.25, 0.3) is 0 Å². The van der Waals surface area contributed by atoms with Gasteiger partial charge in [0, 0.05) is 27.2 Å². The van der Waals surface area contributed by atoms with Gasteiger partial charge in [0.25, 0.3) is 0 Å². The third kappa shape index (κ3) is 5.39. The first-order chi connectivity index (χ1) is 11.8. The number of nitrogens with zero attached hydrogens (tertiary/aromatic N) is 1. The summed E-state index contributed by atoms with van der Waals surface area (Å²) in [5, 5.41) is 6.75. The molecule has 2 N–H and O–H groups in total. The van der Waals surface area contributed by atoms with Crippen molar-refractivity contribution in [2.24, 2.45) is 4.99 Å². The standard InChI is InChI=1S/C20H27N3O/c1-4-18-10-5-6-11-19(18)14-23-20(21-2)22-13-16-8-7-9-17(12-16)15-24-3/h5-12H,4,13-15H2,1-3H3,(H2,21,22,23). The Morgan fingerprint density at radius 3 is 2.38 bits per heavy atom. The van der Waals surface area contributed by atoms with Gasteiger partial charge in [-0.3, -0.25) is 4.99 Å². The fraction of sp³-hybridized carbons (Fsp3) is 0.350. The van der Waals surface area contributed by atoms with Crippen LogP contribution in [0.5, 0.6) is 0 Å². The molecule has 0 fully saturated rings. The fourth-order valence-corrected chi connectivity index (χ4v) is 2.66. The Hall–Kier alpha value is -2.33. The monoisotopic (exact) mass is 325 g/mol. The molecule has 2 aromatic carbocycles. The minimum absolute atomic E-state index is 0.634. The average Bonchev–Trinajstić information content (AvgIpc) is 2.63. The molecule has 0 bridgehead atoms. The molecule has 2 aromatic rings. The summed E-state index contributed by atoms with van der Waals surface area (Å²) in [7, 11) is 3.51. The lowest BCUT2D eigenvalue weighted by Crippen LogP contribution is -2.36. The van der Waals surface area contributed by atoms with Crippen molar-refractivity contribution in [3.8, 4) is 0 Å². The summed E-state index contributed by atoms with van der Waals surface area (Å²) >= 11 is 0. The maximum Gasteiger partial charge on any atom is 0.191 e. The summed E-state index contributed by atoms with van der Waals surface area (Å²) in [5.74, 6) is 0.804. The summed E-state index contributed by atoms with van der Waals surface area (Å²) in [6.07, 6.45) is 1.04.